The second-order valence-corrected chi connectivity index (χ2v) is 8.47. The molecule has 5 rings (SSSR count). The van der Waals surface area contributed by atoms with Crippen LogP contribution >= 0.6 is 0 Å². The van der Waals surface area contributed by atoms with Gasteiger partial charge in [0.2, 0.25) is 17.7 Å². The molecule has 31 heavy (non-hydrogen) atoms. The van der Waals surface area contributed by atoms with Crippen molar-refractivity contribution >= 4 is 23.4 Å². The van der Waals surface area contributed by atoms with Gasteiger partial charge in [0, 0.05) is 18.2 Å². The number of fused-ring (bicyclic) bond motifs is 5. The van der Waals surface area contributed by atoms with Gasteiger partial charge in [0.15, 0.2) is 0 Å². The summed E-state index contributed by atoms with van der Waals surface area (Å²) in [5.41, 5.74) is 1.45. The summed E-state index contributed by atoms with van der Waals surface area (Å²) in [5.74, 6) is -0.634. The maximum atomic E-state index is 13.4. The number of imide groups is 1. The number of amides is 3. The average molecular weight is 416 g/mol. The van der Waals surface area contributed by atoms with Crippen molar-refractivity contribution in [3.05, 3.63) is 72.3 Å². The topological polar surface area (TPSA) is 75.7 Å². The van der Waals surface area contributed by atoms with Crippen molar-refractivity contribution in [3.8, 4) is 5.75 Å². The molecule has 1 N–H and O–H groups in total. The Labute approximate surface area is 180 Å². The molecular formula is C25H24N2O4. The molecule has 6 nitrogen and oxygen atoms in total. The van der Waals surface area contributed by atoms with Crippen LogP contribution in [0.2, 0.25) is 0 Å². The third-order valence-electron chi connectivity index (χ3n) is 6.73. The van der Waals surface area contributed by atoms with E-state index >= 15 is 0 Å². The van der Waals surface area contributed by atoms with Crippen molar-refractivity contribution in [1.82, 2.24) is 4.90 Å². The van der Waals surface area contributed by atoms with Gasteiger partial charge in [-0.1, -0.05) is 48.6 Å². The van der Waals surface area contributed by atoms with Gasteiger partial charge in [0.1, 0.15) is 11.8 Å². The van der Waals surface area contributed by atoms with Crippen LogP contribution in [-0.4, -0.2) is 35.8 Å². The van der Waals surface area contributed by atoms with Crippen molar-refractivity contribution in [1.29, 1.82) is 0 Å². The Morgan fingerprint density at radius 1 is 1.03 bits per heavy atom. The molecule has 2 aliphatic carbocycles. The Hall–Kier alpha value is -3.41. The van der Waals surface area contributed by atoms with Crippen LogP contribution in [0.4, 0.5) is 5.69 Å². The van der Waals surface area contributed by atoms with Crippen LogP contribution in [0.3, 0.4) is 0 Å². The van der Waals surface area contributed by atoms with Crippen LogP contribution in [-0.2, 0) is 20.8 Å². The summed E-state index contributed by atoms with van der Waals surface area (Å²) in [4.78, 5) is 41.3. The third-order valence-corrected chi connectivity index (χ3v) is 6.73. The average Bonchev–Trinajstić information content (AvgIpc) is 3.47. The van der Waals surface area contributed by atoms with Crippen molar-refractivity contribution in [2.24, 2.45) is 23.7 Å². The number of carbonyl (C=O) groups is 3. The van der Waals surface area contributed by atoms with E-state index in [0.717, 1.165) is 12.0 Å². The number of allylic oxidation sites excluding steroid dienone is 2. The third kappa shape index (κ3) is 3.32. The first-order chi connectivity index (χ1) is 15.1. The van der Waals surface area contributed by atoms with Crippen molar-refractivity contribution < 1.29 is 19.1 Å². The monoisotopic (exact) mass is 416 g/mol. The van der Waals surface area contributed by atoms with E-state index in [1.807, 2.05) is 30.3 Å². The minimum atomic E-state index is -0.904. The highest BCUT2D eigenvalue weighted by Gasteiger charge is 2.61. The predicted molar refractivity (Wildman–Crippen MR) is 115 cm³/mol. The van der Waals surface area contributed by atoms with Crippen LogP contribution in [0.5, 0.6) is 5.75 Å². The van der Waals surface area contributed by atoms with Gasteiger partial charge in [-0.05, 0) is 36.0 Å². The molecule has 3 amide bonds. The Balaban J connectivity index is 1.45. The molecule has 1 saturated carbocycles. The van der Waals surface area contributed by atoms with Crippen LogP contribution in [0, 0.1) is 23.7 Å². The maximum Gasteiger partial charge on any atom is 0.248 e. The smallest absolute Gasteiger partial charge is 0.248 e. The van der Waals surface area contributed by atoms with Crippen molar-refractivity contribution in [2.75, 3.05) is 12.4 Å². The lowest BCUT2D eigenvalue weighted by Crippen LogP contribution is -2.49. The summed E-state index contributed by atoms with van der Waals surface area (Å²) in [5, 5.41) is 2.88. The first kappa shape index (κ1) is 19.5. The highest BCUT2D eigenvalue weighted by Crippen LogP contribution is 2.53. The molecule has 158 valence electrons. The van der Waals surface area contributed by atoms with E-state index in [2.05, 4.69) is 17.5 Å². The predicted octanol–water partition coefficient (Wildman–Crippen LogP) is 3.05. The molecule has 2 aromatic rings. The zero-order chi connectivity index (χ0) is 21.5. The Kier molecular flexibility index (Phi) is 4.85. The van der Waals surface area contributed by atoms with Gasteiger partial charge < -0.3 is 10.1 Å². The number of ether oxygens (including phenoxy) is 1. The normalized spacial score (nSPS) is 26.8. The summed E-state index contributed by atoms with van der Waals surface area (Å²) < 4.78 is 5.23. The Morgan fingerprint density at radius 3 is 2.35 bits per heavy atom. The summed E-state index contributed by atoms with van der Waals surface area (Å²) in [6.45, 7) is 0. The molecule has 5 atom stereocenters. The van der Waals surface area contributed by atoms with Crippen LogP contribution in [0.25, 0.3) is 0 Å². The van der Waals surface area contributed by atoms with E-state index < -0.39 is 6.04 Å². The number of likely N-dealkylation sites (tertiary alicyclic amines) is 1. The summed E-state index contributed by atoms with van der Waals surface area (Å²) in [6.07, 6.45) is 5.25. The molecule has 3 aliphatic rings. The first-order valence-electron chi connectivity index (χ1n) is 10.6. The number of nitrogens with zero attached hydrogens (tertiary/aromatic N) is 1. The summed E-state index contributed by atoms with van der Waals surface area (Å²) in [6, 6.07) is 15.6. The Bertz CT molecular complexity index is 1030. The van der Waals surface area contributed by atoms with E-state index in [1.54, 1.807) is 31.4 Å². The molecule has 2 fully saturated rings. The van der Waals surface area contributed by atoms with Gasteiger partial charge in [-0.3, -0.25) is 19.3 Å². The highest BCUT2D eigenvalue weighted by atomic mass is 16.5. The number of nitrogens with one attached hydrogen (secondary N) is 1. The number of rotatable bonds is 6. The molecule has 6 heteroatoms. The highest BCUT2D eigenvalue weighted by molar-refractivity contribution is 6.11. The van der Waals surface area contributed by atoms with E-state index in [-0.39, 0.29) is 47.8 Å². The molecule has 0 unspecified atom stereocenters. The zero-order valence-electron chi connectivity index (χ0n) is 17.2. The molecule has 1 saturated heterocycles. The number of hydrogen-bond acceptors (Lipinski definition) is 4. The molecule has 0 aromatic heterocycles. The number of benzene rings is 2. The van der Waals surface area contributed by atoms with Gasteiger partial charge in [0.05, 0.1) is 18.9 Å². The Morgan fingerprint density at radius 2 is 1.71 bits per heavy atom. The van der Waals surface area contributed by atoms with Crippen molar-refractivity contribution in [3.63, 3.8) is 0 Å². The molecule has 2 bridgehead atoms. The molecule has 2 aromatic carbocycles. The molecule has 1 aliphatic heterocycles. The van der Waals surface area contributed by atoms with Crippen LogP contribution in [0.15, 0.2) is 66.7 Å². The molecular weight excluding hydrogens is 392 g/mol. The maximum absolute atomic E-state index is 13.4. The van der Waals surface area contributed by atoms with Gasteiger partial charge >= 0.3 is 0 Å². The van der Waals surface area contributed by atoms with E-state index in [4.69, 9.17) is 4.74 Å². The quantitative estimate of drug-likeness (QED) is 0.580. The number of methoxy groups -OCH3 is 1. The molecule has 0 radical (unpaired) electrons. The standard InChI is InChI=1S/C25H24N2O4/c1-31-19-9-5-8-18(14-19)26-23(28)20(12-15-6-3-2-4-7-15)27-24(29)21-16-10-11-17(13-16)22(21)25(27)30/h2-11,14,16-17,20-22H,12-13H2,1H3,(H,26,28)/t16-,17-,20-,21-,22-/m0/s1. The number of anilines is 1. The van der Waals surface area contributed by atoms with Crippen LogP contribution < -0.4 is 10.1 Å². The van der Waals surface area contributed by atoms with Gasteiger partial charge in [-0.25, -0.2) is 0 Å². The lowest BCUT2D eigenvalue weighted by Gasteiger charge is -2.27. The fourth-order valence-corrected chi connectivity index (χ4v) is 5.30. The van der Waals surface area contributed by atoms with E-state index in [1.165, 1.54) is 4.90 Å². The SMILES string of the molecule is COc1cccc(NC(=O)[C@H](Cc2ccccc2)N2C(=O)[C@@H]3[C@@H](C2=O)[C@H]2C=C[C@H]3C2)c1. The van der Waals surface area contributed by atoms with Gasteiger partial charge in [0.25, 0.3) is 0 Å². The van der Waals surface area contributed by atoms with E-state index in [9.17, 15) is 14.4 Å². The largest absolute Gasteiger partial charge is 0.497 e. The summed E-state index contributed by atoms with van der Waals surface area (Å²) in [7, 11) is 1.56. The molecule has 0 spiro atoms. The van der Waals surface area contributed by atoms with E-state index in [0.29, 0.717) is 11.4 Å². The lowest BCUT2D eigenvalue weighted by atomic mass is 9.85. The van der Waals surface area contributed by atoms with Crippen LogP contribution in [0.1, 0.15) is 12.0 Å². The number of hydrogen-bond donors (Lipinski definition) is 1. The van der Waals surface area contributed by atoms with Gasteiger partial charge in [-0.2, -0.15) is 0 Å². The zero-order valence-corrected chi connectivity index (χ0v) is 17.2. The lowest BCUT2D eigenvalue weighted by molar-refractivity contribution is -0.147. The number of carbonyl (C=O) groups excluding carboxylic acids is 3. The molecule has 1 heterocycles. The fraction of sp³-hybridized carbons (Fsp3) is 0.320. The van der Waals surface area contributed by atoms with Crippen molar-refractivity contribution in [2.45, 2.75) is 18.9 Å². The minimum Gasteiger partial charge on any atom is -0.497 e. The second-order valence-electron chi connectivity index (χ2n) is 8.47. The summed E-state index contributed by atoms with van der Waals surface area (Å²) >= 11 is 0. The van der Waals surface area contributed by atoms with Gasteiger partial charge in [-0.15, -0.1) is 0 Å². The fourth-order valence-electron chi connectivity index (χ4n) is 5.30. The minimum absolute atomic E-state index is 0.107. The first-order valence-corrected chi connectivity index (χ1v) is 10.6. The second kappa shape index (κ2) is 7.69.